The maximum atomic E-state index is 13.5. The lowest BCUT2D eigenvalue weighted by atomic mass is 9.98. The first-order valence-corrected chi connectivity index (χ1v) is 13.6. The molecule has 3 heterocycles. The van der Waals surface area contributed by atoms with E-state index >= 15 is 0 Å². The second-order valence-corrected chi connectivity index (χ2v) is 10.3. The van der Waals surface area contributed by atoms with Gasteiger partial charge in [-0.15, -0.1) is 0 Å². The van der Waals surface area contributed by atoms with Crippen LogP contribution < -0.4 is 15.5 Å². The molecule has 2 amide bonds. The lowest BCUT2D eigenvalue weighted by Gasteiger charge is -2.29. The largest absolute Gasteiger partial charge is 0.478 e. The summed E-state index contributed by atoms with van der Waals surface area (Å²) in [6, 6.07) is 14.2. The average Bonchev–Trinajstić information content (AvgIpc) is 3.63. The molecule has 1 saturated heterocycles. The first kappa shape index (κ1) is 26.5. The molecule has 6 rings (SSSR count). The minimum absolute atomic E-state index is 0.112. The van der Waals surface area contributed by atoms with E-state index in [1.165, 1.54) is 16.8 Å². The maximum Gasteiger partial charge on any atom is 0.335 e. The van der Waals surface area contributed by atoms with Crippen molar-refractivity contribution in [2.75, 3.05) is 31.2 Å². The molecule has 2 aliphatic rings. The van der Waals surface area contributed by atoms with Crippen LogP contribution >= 0.6 is 0 Å². The fraction of sp³-hybridized carbons (Fsp3) is 0.300. The molecule has 1 fully saturated rings. The Bertz CT molecular complexity index is 1660. The highest BCUT2D eigenvalue weighted by molar-refractivity contribution is 5.98. The maximum absolute atomic E-state index is 13.5. The number of carbonyl (C=O) groups is 3. The zero-order valence-corrected chi connectivity index (χ0v) is 22.6. The Morgan fingerprint density at radius 3 is 2.71 bits per heavy atom. The molecule has 4 aromatic rings. The SMILES string of the molecule is Cc1c(C(=O)O)ccc2c1CC[C@@H]2NC(=O)c1cc(C(=O)NCc2cccc(N3CCOCC3)c2)nc2ccnn12. The van der Waals surface area contributed by atoms with Crippen molar-refractivity contribution < 1.29 is 24.2 Å². The number of nitrogens with one attached hydrogen (secondary N) is 2. The lowest BCUT2D eigenvalue weighted by Crippen LogP contribution is -2.36. The molecule has 0 bridgehead atoms. The Morgan fingerprint density at radius 1 is 1.07 bits per heavy atom. The van der Waals surface area contributed by atoms with Crippen LogP contribution in [-0.4, -0.2) is 63.8 Å². The number of hydrogen-bond acceptors (Lipinski definition) is 7. The molecule has 0 unspecified atom stereocenters. The van der Waals surface area contributed by atoms with Crippen LogP contribution in [0, 0.1) is 6.92 Å². The Labute approximate surface area is 236 Å². The van der Waals surface area contributed by atoms with Gasteiger partial charge in [0.2, 0.25) is 0 Å². The average molecular weight is 555 g/mol. The smallest absolute Gasteiger partial charge is 0.335 e. The van der Waals surface area contributed by atoms with Crippen LogP contribution in [0.5, 0.6) is 0 Å². The Balaban J connectivity index is 1.19. The number of rotatable bonds is 7. The number of fused-ring (bicyclic) bond motifs is 2. The van der Waals surface area contributed by atoms with E-state index in [1.807, 2.05) is 18.2 Å². The van der Waals surface area contributed by atoms with Crippen molar-refractivity contribution in [3.63, 3.8) is 0 Å². The van der Waals surface area contributed by atoms with Gasteiger partial charge in [-0.05, 0) is 60.2 Å². The van der Waals surface area contributed by atoms with Crippen molar-refractivity contribution in [1.29, 1.82) is 0 Å². The lowest BCUT2D eigenvalue weighted by molar-refractivity contribution is 0.0695. The molecule has 210 valence electrons. The van der Waals surface area contributed by atoms with E-state index in [9.17, 15) is 19.5 Å². The molecule has 3 N–H and O–H groups in total. The van der Waals surface area contributed by atoms with E-state index in [0.717, 1.165) is 41.0 Å². The zero-order valence-electron chi connectivity index (χ0n) is 22.6. The number of anilines is 1. The second kappa shape index (κ2) is 11.0. The summed E-state index contributed by atoms with van der Waals surface area (Å²) in [7, 11) is 0. The van der Waals surface area contributed by atoms with Gasteiger partial charge in [0.15, 0.2) is 5.65 Å². The number of benzene rings is 2. The molecule has 41 heavy (non-hydrogen) atoms. The molecule has 2 aromatic heterocycles. The number of nitrogens with zero attached hydrogens (tertiary/aromatic N) is 4. The van der Waals surface area contributed by atoms with E-state index < -0.39 is 17.8 Å². The van der Waals surface area contributed by atoms with Gasteiger partial charge in [0.1, 0.15) is 11.4 Å². The number of carbonyl (C=O) groups excluding carboxylic acids is 2. The standard InChI is InChI=1S/C30H30N6O5/c1-18-21-7-8-24(23(21)6-5-22(18)30(39)40)34-29(38)26-16-25(33-27-9-10-32-36(26)27)28(37)31-17-19-3-2-4-20(15-19)35-11-13-41-14-12-35/h2-6,9-10,15-16,24H,7-8,11-14,17H2,1H3,(H,31,37)(H,34,38)(H,39,40)/t24-/m0/s1. The summed E-state index contributed by atoms with van der Waals surface area (Å²) < 4.78 is 6.85. The summed E-state index contributed by atoms with van der Waals surface area (Å²) >= 11 is 0. The molecule has 1 atom stereocenters. The summed E-state index contributed by atoms with van der Waals surface area (Å²) in [6.07, 6.45) is 2.84. The van der Waals surface area contributed by atoms with Crippen LogP contribution in [0.2, 0.25) is 0 Å². The minimum Gasteiger partial charge on any atom is -0.478 e. The number of carboxylic acid groups (broad SMARTS) is 1. The third kappa shape index (κ3) is 5.23. The monoisotopic (exact) mass is 554 g/mol. The first-order valence-electron chi connectivity index (χ1n) is 13.6. The summed E-state index contributed by atoms with van der Waals surface area (Å²) in [5.41, 5.74) is 5.56. The molecular formula is C30H30N6O5. The van der Waals surface area contributed by atoms with Gasteiger partial charge in [-0.2, -0.15) is 5.10 Å². The normalized spacial score (nSPS) is 16.4. The van der Waals surface area contributed by atoms with Crippen LogP contribution in [0.25, 0.3) is 5.65 Å². The predicted octanol–water partition coefficient (Wildman–Crippen LogP) is 2.92. The summed E-state index contributed by atoms with van der Waals surface area (Å²) in [5, 5.41) is 19.7. The molecule has 0 radical (unpaired) electrons. The molecular weight excluding hydrogens is 524 g/mol. The van der Waals surface area contributed by atoms with Gasteiger partial charge >= 0.3 is 5.97 Å². The minimum atomic E-state index is -0.966. The quantitative estimate of drug-likeness (QED) is 0.317. The molecule has 2 aromatic carbocycles. The topological polar surface area (TPSA) is 138 Å². The van der Waals surface area contributed by atoms with Gasteiger partial charge in [-0.1, -0.05) is 18.2 Å². The Hall–Kier alpha value is -4.77. The highest BCUT2D eigenvalue weighted by atomic mass is 16.5. The van der Waals surface area contributed by atoms with Crippen LogP contribution in [0.3, 0.4) is 0 Å². The first-order chi connectivity index (χ1) is 19.9. The van der Waals surface area contributed by atoms with Gasteiger partial charge in [-0.3, -0.25) is 9.59 Å². The molecule has 0 saturated carbocycles. The summed E-state index contributed by atoms with van der Waals surface area (Å²) in [6.45, 7) is 5.14. The van der Waals surface area contributed by atoms with Gasteiger partial charge in [0.05, 0.1) is 31.0 Å². The molecule has 1 aliphatic heterocycles. The number of amides is 2. The molecule has 11 nitrogen and oxygen atoms in total. The van der Waals surface area contributed by atoms with Crippen molar-refractivity contribution in [2.24, 2.45) is 0 Å². The van der Waals surface area contributed by atoms with Crippen LogP contribution in [0.4, 0.5) is 5.69 Å². The molecule has 1 aliphatic carbocycles. The van der Waals surface area contributed by atoms with Crippen molar-refractivity contribution >= 4 is 29.1 Å². The highest BCUT2D eigenvalue weighted by Crippen LogP contribution is 2.35. The van der Waals surface area contributed by atoms with Crippen LogP contribution in [0.1, 0.15) is 66.1 Å². The van der Waals surface area contributed by atoms with Crippen molar-refractivity contribution in [3.05, 3.63) is 93.9 Å². The number of hydrogen-bond donors (Lipinski definition) is 3. The fourth-order valence-corrected chi connectivity index (χ4v) is 5.64. The summed E-state index contributed by atoms with van der Waals surface area (Å²) in [5.74, 6) is -1.76. The van der Waals surface area contributed by atoms with E-state index in [1.54, 1.807) is 25.1 Å². The predicted molar refractivity (Wildman–Crippen MR) is 150 cm³/mol. The van der Waals surface area contributed by atoms with Crippen molar-refractivity contribution in [3.8, 4) is 0 Å². The zero-order chi connectivity index (χ0) is 28.5. The number of carboxylic acids is 1. The number of morpholine rings is 1. The van der Waals surface area contributed by atoms with Gasteiger partial charge < -0.3 is 25.4 Å². The van der Waals surface area contributed by atoms with Gasteiger partial charge in [0.25, 0.3) is 11.8 Å². The van der Waals surface area contributed by atoms with E-state index in [-0.39, 0.29) is 23.0 Å². The Kier molecular flexibility index (Phi) is 7.10. The van der Waals surface area contributed by atoms with E-state index in [2.05, 4.69) is 31.7 Å². The van der Waals surface area contributed by atoms with Crippen molar-refractivity contribution in [1.82, 2.24) is 25.2 Å². The van der Waals surface area contributed by atoms with Crippen LogP contribution in [-0.2, 0) is 17.7 Å². The van der Waals surface area contributed by atoms with Gasteiger partial charge in [-0.25, -0.2) is 14.3 Å². The van der Waals surface area contributed by atoms with Crippen molar-refractivity contribution in [2.45, 2.75) is 32.4 Å². The Morgan fingerprint density at radius 2 is 1.90 bits per heavy atom. The second-order valence-electron chi connectivity index (χ2n) is 10.3. The number of aromatic nitrogens is 3. The molecule has 11 heteroatoms. The van der Waals surface area contributed by atoms with E-state index in [4.69, 9.17) is 4.74 Å². The fourth-order valence-electron chi connectivity index (χ4n) is 5.64. The highest BCUT2D eigenvalue weighted by Gasteiger charge is 2.29. The van der Waals surface area contributed by atoms with Crippen LogP contribution in [0.15, 0.2) is 54.7 Å². The number of aromatic carboxylic acids is 1. The molecule has 0 spiro atoms. The van der Waals surface area contributed by atoms with Gasteiger partial charge in [0, 0.05) is 37.5 Å². The summed E-state index contributed by atoms with van der Waals surface area (Å²) in [4.78, 5) is 44.9. The number of ether oxygens (including phenoxy) is 1. The third-order valence-electron chi connectivity index (χ3n) is 7.79. The third-order valence-corrected chi connectivity index (χ3v) is 7.79. The van der Waals surface area contributed by atoms with E-state index in [0.29, 0.717) is 38.2 Å².